The van der Waals surface area contributed by atoms with Crippen molar-refractivity contribution in [3.63, 3.8) is 0 Å². The average molecular weight is 249 g/mol. The second kappa shape index (κ2) is 7.01. The molecule has 0 saturated carbocycles. The number of hydrogen-bond acceptors (Lipinski definition) is 4. The fourth-order valence-electron chi connectivity index (χ4n) is 1.37. The van der Waals surface area contributed by atoms with Gasteiger partial charge in [-0.3, -0.25) is 4.79 Å². The molecular weight excluding hydrogens is 226 g/mol. The maximum atomic E-state index is 11.5. The number of carbonyl (C=O) groups excluding carboxylic acids is 1. The van der Waals surface area contributed by atoms with Gasteiger partial charge in [0, 0.05) is 12.7 Å². The predicted molar refractivity (Wildman–Crippen MR) is 66.0 cm³/mol. The number of Topliss-reactive ketones (excluding diaryl/α,β-unsaturated/α-hetero) is 1. The van der Waals surface area contributed by atoms with Gasteiger partial charge in [0.2, 0.25) is 0 Å². The van der Waals surface area contributed by atoms with Gasteiger partial charge in [-0.25, -0.2) is 8.42 Å². The Kier molecular flexibility index (Phi) is 6.83. The van der Waals surface area contributed by atoms with E-state index in [2.05, 4.69) is 13.8 Å². The topological polar surface area (TPSA) is 77.2 Å². The molecule has 0 aliphatic carbocycles. The summed E-state index contributed by atoms with van der Waals surface area (Å²) in [5.74, 6) is 0.550. The second-order valence-electron chi connectivity index (χ2n) is 4.78. The Morgan fingerprint density at radius 2 is 1.81 bits per heavy atom. The molecule has 4 nitrogen and oxygen atoms in total. The van der Waals surface area contributed by atoms with Crippen LogP contribution in [0.15, 0.2) is 0 Å². The van der Waals surface area contributed by atoms with E-state index in [9.17, 15) is 13.2 Å². The molecule has 0 fully saturated rings. The van der Waals surface area contributed by atoms with Crippen molar-refractivity contribution >= 4 is 15.6 Å². The van der Waals surface area contributed by atoms with Crippen LogP contribution in [0.3, 0.4) is 0 Å². The van der Waals surface area contributed by atoms with Crippen LogP contribution in [0, 0.1) is 5.92 Å². The van der Waals surface area contributed by atoms with E-state index >= 15 is 0 Å². The van der Waals surface area contributed by atoms with Gasteiger partial charge >= 0.3 is 0 Å². The van der Waals surface area contributed by atoms with E-state index in [1.54, 1.807) is 0 Å². The molecule has 2 N–H and O–H groups in total. The maximum absolute atomic E-state index is 11.5. The number of carbonyl (C=O) groups is 1. The zero-order chi connectivity index (χ0) is 12.8. The molecule has 0 spiro atoms. The van der Waals surface area contributed by atoms with Crippen molar-refractivity contribution in [2.75, 3.05) is 12.0 Å². The molecule has 1 unspecified atom stereocenters. The van der Waals surface area contributed by atoms with E-state index in [1.165, 1.54) is 0 Å². The molecule has 0 saturated heterocycles. The number of sulfone groups is 1. The quantitative estimate of drug-likeness (QED) is 0.700. The summed E-state index contributed by atoms with van der Waals surface area (Å²) in [5, 5.41) is 0. The summed E-state index contributed by atoms with van der Waals surface area (Å²) >= 11 is 0. The first kappa shape index (κ1) is 15.6. The van der Waals surface area contributed by atoms with Crippen molar-refractivity contribution in [2.45, 2.75) is 45.6 Å². The lowest BCUT2D eigenvalue weighted by Crippen LogP contribution is -2.32. The lowest BCUT2D eigenvalue weighted by atomic mass is 10.0. The molecule has 0 heterocycles. The van der Waals surface area contributed by atoms with Gasteiger partial charge in [-0.05, 0) is 18.8 Å². The van der Waals surface area contributed by atoms with Gasteiger partial charge in [0.05, 0.1) is 11.8 Å². The Hall–Kier alpha value is -0.420. The average Bonchev–Trinajstić information content (AvgIpc) is 2.12. The molecule has 1 atom stereocenters. The van der Waals surface area contributed by atoms with E-state index in [4.69, 9.17) is 5.73 Å². The van der Waals surface area contributed by atoms with Crippen LogP contribution < -0.4 is 5.73 Å². The first-order chi connectivity index (χ1) is 7.22. The van der Waals surface area contributed by atoms with Crippen LogP contribution in [0.2, 0.25) is 0 Å². The van der Waals surface area contributed by atoms with Gasteiger partial charge in [0.15, 0.2) is 0 Å². The lowest BCUT2D eigenvalue weighted by Gasteiger charge is -2.10. The molecule has 0 aromatic rings. The summed E-state index contributed by atoms with van der Waals surface area (Å²) in [4.78, 5) is 11.5. The highest BCUT2D eigenvalue weighted by Gasteiger charge is 2.15. The van der Waals surface area contributed by atoms with Crippen LogP contribution in [-0.2, 0) is 14.6 Å². The number of nitrogens with two attached hydrogens (primary N) is 1. The predicted octanol–water partition coefficient (Wildman–Crippen LogP) is 1.14. The standard InChI is InChI=1S/C11H23NO3S/c1-9(2)5-4-6-11(13)10(12)7-8-16(3,14)15/h9-10H,4-8,12H2,1-3H3. The fraction of sp³-hybridized carbons (Fsp3) is 0.909. The van der Waals surface area contributed by atoms with Gasteiger partial charge in [0.25, 0.3) is 0 Å². The Balaban J connectivity index is 3.82. The number of hydrogen-bond donors (Lipinski definition) is 1. The van der Waals surface area contributed by atoms with E-state index in [-0.39, 0.29) is 18.0 Å². The van der Waals surface area contributed by atoms with Gasteiger partial charge in [-0.1, -0.05) is 20.3 Å². The zero-order valence-electron chi connectivity index (χ0n) is 10.4. The molecular formula is C11H23NO3S. The monoisotopic (exact) mass is 249 g/mol. The Morgan fingerprint density at radius 3 is 2.25 bits per heavy atom. The Morgan fingerprint density at radius 1 is 1.25 bits per heavy atom. The summed E-state index contributed by atoms with van der Waals surface area (Å²) < 4.78 is 21.8. The lowest BCUT2D eigenvalue weighted by molar-refractivity contribution is -0.120. The summed E-state index contributed by atoms with van der Waals surface area (Å²) in [7, 11) is -3.02. The van der Waals surface area contributed by atoms with Crippen molar-refractivity contribution in [3.8, 4) is 0 Å². The number of rotatable bonds is 8. The first-order valence-electron chi connectivity index (χ1n) is 5.68. The van der Waals surface area contributed by atoms with Crippen LogP contribution >= 0.6 is 0 Å². The molecule has 0 amide bonds. The zero-order valence-corrected chi connectivity index (χ0v) is 11.2. The van der Waals surface area contributed by atoms with Crippen LogP contribution in [-0.4, -0.2) is 32.3 Å². The van der Waals surface area contributed by atoms with Crippen molar-refractivity contribution in [1.29, 1.82) is 0 Å². The van der Waals surface area contributed by atoms with Gasteiger partial charge in [-0.15, -0.1) is 0 Å². The largest absolute Gasteiger partial charge is 0.321 e. The van der Waals surface area contributed by atoms with Crippen LogP contribution in [0.25, 0.3) is 0 Å². The third kappa shape index (κ3) is 8.85. The molecule has 0 rings (SSSR count). The Labute approximate surface area is 98.5 Å². The minimum Gasteiger partial charge on any atom is -0.321 e. The normalized spacial score (nSPS) is 14.1. The highest BCUT2D eigenvalue weighted by Crippen LogP contribution is 2.08. The van der Waals surface area contributed by atoms with Crippen molar-refractivity contribution in [3.05, 3.63) is 0 Å². The molecule has 96 valence electrons. The smallest absolute Gasteiger partial charge is 0.149 e. The molecule has 16 heavy (non-hydrogen) atoms. The van der Waals surface area contributed by atoms with Gasteiger partial charge < -0.3 is 5.73 Å². The summed E-state index contributed by atoms with van der Waals surface area (Å²) in [5.41, 5.74) is 5.63. The fourth-order valence-corrected chi connectivity index (χ4v) is 2.05. The summed E-state index contributed by atoms with van der Waals surface area (Å²) in [6.07, 6.45) is 3.69. The van der Waals surface area contributed by atoms with Crippen LogP contribution in [0.1, 0.15) is 39.5 Å². The van der Waals surface area contributed by atoms with Gasteiger partial charge in [0.1, 0.15) is 15.6 Å². The second-order valence-corrected chi connectivity index (χ2v) is 7.04. The molecule has 0 aliphatic rings. The van der Waals surface area contributed by atoms with Crippen LogP contribution in [0.4, 0.5) is 0 Å². The van der Waals surface area contributed by atoms with E-state index in [1.807, 2.05) is 0 Å². The molecule has 0 bridgehead atoms. The molecule has 0 aromatic heterocycles. The van der Waals surface area contributed by atoms with E-state index < -0.39 is 15.9 Å². The third-order valence-electron chi connectivity index (χ3n) is 2.42. The molecule has 0 radical (unpaired) electrons. The van der Waals surface area contributed by atoms with Crippen molar-refractivity contribution < 1.29 is 13.2 Å². The summed E-state index contributed by atoms with van der Waals surface area (Å²) in [6, 6.07) is -0.623. The maximum Gasteiger partial charge on any atom is 0.149 e. The molecule has 0 aliphatic heterocycles. The Bertz CT molecular complexity index is 309. The van der Waals surface area contributed by atoms with Crippen LogP contribution in [0.5, 0.6) is 0 Å². The van der Waals surface area contributed by atoms with Crippen molar-refractivity contribution in [2.24, 2.45) is 11.7 Å². The van der Waals surface area contributed by atoms with E-state index in [0.29, 0.717) is 12.3 Å². The van der Waals surface area contributed by atoms with Crippen molar-refractivity contribution in [1.82, 2.24) is 0 Å². The molecule has 5 heteroatoms. The highest BCUT2D eigenvalue weighted by molar-refractivity contribution is 7.90. The third-order valence-corrected chi connectivity index (χ3v) is 3.40. The molecule has 0 aromatic carbocycles. The van der Waals surface area contributed by atoms with E-state index in [0.717, 1.165) is 19.1 Å². The summed E-state index contributed by atoms with van der Waals surface area (Å²) in [6.45, 7) is 4.21. The first-order valence-corrected chi connectivity index (χ1v) is 7.74. The number of ketones is 1. The van der Waals surface area contributed by atoms with Gasteiger partial charge in [-0.2, -0.15) is 0 Å². The highest BCUT2D eigenvalue weighted by atomic mass is 32.2. The SMILES string of the molecule is CC(C)CCCC(=O)C(N)CCS(C)(=O)=O. The minimum atomic E-state index is -3.02. The minimum absolute atomic E-state index is 0.00983.